The molecule has 1 fully saturated rings. The maximum atomic E-state index is 12.6. The van der Waals surface area contributed by atoms with E-state index in [1.165, 1.54) is 5.56 Å². The molecule has 1 atom stereocenters. The number of piperidine rings is 1. The Morgan fingerprint density at radius 3 is 2.96 bits per heavy atom. The lowest BCUT2D eigenvalue weighted by Crippen LogP contribution is -2.46. The highest BCUT2D eigenvalue weighted by atomic mass is 16.2. The van der Waals surface area contributed by atoms with E-state index in [9.17, 15) is 4.79 Å². The molecule has 0 saturated carbocycles. The van der Waals surface area contributed by atoms with E-state index in [-0.39, 0.29) is 6.03 Å². The second-order valence-corrected chi connectivity index (χ2v) is 7.75. The van der Waals surface area contributed by atoms with Gasteiger partial charge in [-0.15, -0.1) is 0 Å². The standard InChI is InChI=1S/C21H28N6O/c1-14-17(15(2)26-25-14)9-10-22-21(28)27-11-5-6-16(13-27)12-20-23-18-7-3-4-8-19(18)24-20/h3-4,7-8,16H,5-6,9-13H2,1-2H3,(H,22,28)(H,23,24)(H,25,26). The molecule has 28 heavy (non-hydrogen) atoms. The Balaban J connectivity index is 1.29. The third kappa shape index (κ3) is 4.03. The van der Waals surface area contributed by atoms with Crippen LogP contribution in [0.15, 0.2) is 24.3 Å². The van der Waals surface area contributed by atoms with Crippen molar-refractivity contribution >= 4 is 17.1 Å². The van der Waals surface area contributed by atoms with Gasteiger partial charge < -0.3 is 15.2 Å². The molecule has 3 N–H and O–H groups in total. The number of aromatic amines is 2. The highest BCUT2D eigenvalue weighted by Crippen LogP contribution is 2.21. The van der Waals surface area contributed by atoms with Gasteiger partial charge in [0.25, 0.3) is 0 Å². The van der Waals surface area contributed by atoms with Crippen LogP contribution < -0.4 is 5.32 Å². The average molecular weight is 380 g/mol. The van der Waals surface area contributed by atoms with Crippen LogP contribution in [-0.2, 0) is 12.8 Å². The van der Waals surface area contributed by atoms with Gasteiger partial charge in [-0.3, -0.25) is 5.10 Å². The predicted octanol–water partition coefficient (Wildman–Crippen LogP) is 3.11. The van der Waals surface area contributed by atoms with Gasteiger partial charge in [0.15, 0.2) is 0 Å². The number of amides is 2. The number of para-hydroxylation sites is 2. The van der Waals surface area contributed by atoms with E-state index in [1.807, 2.05) is 36.9 Å². The van der Waals surface area contributed by atoms with Gasteiger partial charge in [-0.2, -0.15) is 5.10 Å². The topological polar surface area (TPSA) is 89.7 Å². The molecule has 2 aromatic heterocycles. The molecule has 1 saturated heterocycles. The zero-order valence-corrected chi connectivity index (χ0v) is 16.6. The zero-order chi connectivity index (χ0) is 19.5. The first-order chi connectivity index (χ1) is 13.6. The molecule has 148 valence electrons. The molecule has 4 rings (SSSR count). The molecule has 3 heterocycles. The normalized spacial score (nSPS) is 17.2. The number of rotatable bonds is 5. The molecule has 1 aliphatic rings. The van der Waals surface area contributed by atoms with Crippen LogP contribution in [0, 0.1) is 19.8 Å². The Bertz CT molecular complexity index is 906. The first kappa shape index (κ1) is 18.5. The van der Waals surface area contributed by atoms with Gasteiger partial charge in [-0.05, 0) is 56.7 Å². The predicted molar refractivity (Wildman–Crippen MR) is 109 cm³/mol. The summed E-state index contributed by atoms with van der Waals surface area (Å²) in [6.07, 6.45) is 3.86. The summed E-state index contributed by atoms with van der Waals surface area (Å²) in [5.74, 6) is 1.46. The molecule has 2 amide bonds. The number of aryl methyl sites for hydroxylation is 2. The quantitative estimate of drug-likeness (QED) is 0.635. The summed E-state index contributed by atoms with van der Waals surface area (Å²) in [6.45, 7) is 6.25. The van der Waals surface area contributed by atoms with Gasteiger partial charge in [-0.1, -0.05) is 12.1 Å². The summed E-state index contributed by atoms with van der Waals surface area (Å²) in [6, 6.07) is 8.14. The first-order valence-electron chi connectivity index (χ1n) is 10.1. The molecule has 0 radical (unpaired) electrons. The van der Waals surface area contributed by atoms with Gasteiger partial charge >= 0.3 is 6.03 Å². The number of nitrogens with zero attached hydrogens (tertiary/aromatic N) is 3. The number of nitrogens with one attached hydrogen (secondary N) is 3. The van der Waals surface area contributed by atoms with Crippen molar-refractivity contribution in [2.45, 2.75) is 39.5 Å². The third-order valence-corrected chi connectivity index (χ3v) is 5.66. The Hall–Kier alpha value is -2.83. The number of fused-ring (bicyclic) bond motifs is 1. The number of carbonyl (C=O) groups is 1. The SMILES string of the molecule is Cc1n[nH]c(C)c1CCNC(=O)N1CCCC(Cc2nc3ccccc3[nH]2)C1. The minimum Gasteiger partial charge on any atom is -0.342 e. The summed E-state index contributed by atoms with van der Waals surface area (Å²) in [5.41, 5.74) is 5.37. The molecule has 7 heteroatoms. The van der Waals surface area contributed by atoms with Crippen molar-refractivity contribution in [3.8, 4) is 0 Å². The summed E-state index contributed by atoms with van der Waals surface area (Å²) in [5, 5.41) is 10.3. The van der Waals surface area contributed by atoms with Crippen LogP contribution in [0.3, 0.4) is 0 Å². The van der Waals surface area contributed by atoms with E-state index in [4.69, 9.17) is 0 Å². The van der Waals surface area contributed by atoms with Gasteiger partial charge in [0.1, 0.15) is 5.82 Å². The van der Waals surface area contributed by atoms with Gasteiger partial charge in [-0.25, -0.2) is 9.78 Å². The fourth-order valence-electron chi connectivity index (χ4n) is 4.14. The largest absolute Gasteiger partial charge is 0.342 e. The number of likely N-dealkylation sites (tertiary alicyclic amines) is 1. The van der Waals surface area contributed by atoms with Crippen LogP contribution in [-0.4, -0.2) is 50.7 Å². The first-order valence-corrected chi connectivity index (χ1v) is 10.1. The van der Waals surface area contributed by atoms with Crippen LogP contribution >= 0.6 is 0 Å². The highest BCUT2D eigenvalue weighted by Gasteiger charge is 2.24. The maximum absolute atomic E-state index is 12.6. The number of imidazole rings is 1. The van der Waals surface area contributed by atoms with Crippen molar-refractivity contribution in [3.63, 3.8) is 0 Å². The van der Waals surface area contributed by atoms with E-state index < -0.39 is 0 Å². The number of carbonyl (C=O) groups excluding carboxylic acids is 1. The molecule has 0 spiro atoms. The molecule has 1 aliphatic heterocycles. The molecule has 0 aliphatic carbocycles. The van der Waals surface area contributed by atoms with Gasteiger partial charge in [0, 0.05) is 31.7 Å². The minimum atomic E-state index is 0.0353. The number of hydrogen-bond donors (Lipinski definition) is 3. The minimum absolute atomic E-state index is 0.0353. The van der Waals surface area contributed by atoms with E-state index in [1.54, 1.807) is 0 Å². The molecule has 7 nitrogen and oxygen atoms in total. The molecule has 1 aromatic carbocycles. The van der Waals surface area contributed by atoms with Crippen LogP contribution in [0.1, 0.15) is 35.6 Å². The number of aromatic nitrogens is 4. The van der Waals surface area contributed by atoms with E-state index in [2.05, 4.69) is 31.5 Å². The lowest BCUT2D eigenvalue weighted by atomic mass is 9.95. The van der Waals surface area contributed by atoms with Crippen LogP contribution in [0.4, 0.5) is 4.79 Å². The summed E-state index contributed by atoms with van der Waals surface area (Å²) in [4.78, 5) is 22.6. The smallest absolute Gasteiger partial charge is 0.317 e. The highest BCUT2D eigenvalue weighted by molar-refractivity contribution is 5.75. The van der Waals surface area contributed by atoms with Gasteiger partial charge in [0.05, 0.1) is 16.7 Å². The third-order valence-electron chi connectivity index (χ3n) is 5.66. The van der Waals surface area contributed by atoms with Crippen molar-refractivity contribution < 1.29 is 4.79 Å². The number of benzene rings is 1. The summed E-state index contributed by atoms with van der Waals surface area (Å²) >= 11 is 0. The van der Waals surface area contributed by atoms with Crippen LogP contribution in [0.5, 0.6) is 0 Å². The zero-order valence-electron chi connectivity index (χ0n) is 16.6. The molecular weight excluding hydrogens is 352 g/mol. The summed E-state index contributed by atoms with van der Waals surface area (Å²) < 4.78 is 0. The Morgan fingerprint density at radius 1 is 1.32 bits per heavy atom. The fourth-order valence-corrected chi connectivity index (χ4v) is 4.14. The van der Waals surface area contributed by atoms with E-state index in [0.29, 0.717) is 12.5 Å². The van der Waals surface area contributed by atoms with Crippen molar-refractivity contribution in [1.82, 2.24) is 30.4 Å². The molecule has 1 unspecified atom stereocenters. The lowest BCUT2D eigenvalue weighted by Gasteiger charge is -2.32. The van der Waals surface area contributed by atoms with E-state index >= 15 is 0 Å². The number of H-pyrrole nitrogens is 2. The second kappa shape index (κ2) is 8.04. The van der Waals surface area contributed by atoms with Crippen molar-refractivity contribution in [3.05, 3.63) is 47.0 Å². The van der Waals surface area contributed by atoms with Crippen LogP contribution in [0.2, 0.25) is 0 Å². The van der Waals surface area contributed by atoms with Crippen molar-refractivity contribution in [2.24, 2.45) is 5.92 Å². The van der Waals surface area contributed by atoms with Gasteiger partial charge in [0.2, 0.25) is 0 Å². The monoisotopic (exact) mass is 380 g/mol. The number of urea groups is 1. The molecular formula is C21H28N6O. The Morgan fingerprint density at radius 2 is 2.18 bits per heavy atom. The van der Waals surface area contributed by atoms with Crippen molar-refractivity contribution in [2.75, 3.05) is 19.6 Å². The van der Waals surface area contributed by atoms with Crippen molar-refractivity contribution in [1.29, 1.82) is 0 Å². The molecule has 0 bridgehead atoms. The van der Waals surface area contributed by atoms with Crippen LogP contribution in [0.25, 0.3) is 11.0 Å². The Labute approximate surface area is 164 Å². The lowest BCUT2D eigenvalue weighted by molar-refractivity contribution is 0.165. The number of hydrogen-bond acceptors (Lipinski definition) is 3. The second-order valence-electron chi connectivity index (χ2n) is 7.75. The summed E-state index contributed by atoms with van der Waals surface area (Å²) in [7, 11) is 0. The fraction of sp³-hybridized carbons (Fsp3) is 0.476. The molecule has 3 aromatic rings. The Kier molecular flexibility index (Phi) is 5.32. The maximum Gasteiger partial charge on any atom is 0.317 e. The average Bonchev–Trinajstić information content (AvgIpc) is 3.25. The van der Waals surface area contributed by atoms with E-state index in [0.717, 1.165) is 67.0 Å².